The van der Waals surface area contributed by atoms with Gasteiger partial charge in [0.15, 0.2) is 0 Å². The number of aliphatic carboxylic acids is 1. The van der Waals surface area contributed by atoms with Gasteiger partial charge in [0, 0.05) is 11.3 Å². The molecule has 1 atom stereocenters. The van der Waals surface area contributed by atoms with Crippen molar-refractivity contribution in [1.29, 1.82) is 0 Å². The summed E-state index contributed by atoms with van der Waals surface area (Å²) in [7, 11) is 0. The quantitative estimate of drug-likeness (QED) is 0.524. The van der Waals surface area contributed by atoms with E-state index in [0.29, 0.717) is 11.3 Å². The fourth-order valence-corrected chi connectivity index (χ4v) is 1.31. The van der Waals surface area contributed by atoms with Gasteiger partial charge in [-0.05, 0) is 24.6 Å². The Morgan fingerprint density at radius 3 is 2.76 bits per heavy atom. The molecule has 0 bridgehead atoms. The van der Waals surface area contributed by atoms with Crippen molar-refractivity contribution < 1.29 is 14.7 Å². The van der Waals surface area contributed by atoms with Crippen molar-refractivity contribution in [2.45, 2.75) is 12.5 Å². The highest BCUT2D eigenvalue weighted by atomic mass is 16.4. The van der Waals surface area contributed by atoms with Gasteiger partial charge in [-0.3, -0.25) is 4.79 Å². The van der Waals surface area contributed by atoms with Crippen LogP contribution in [0, 0.1) is 0 Å². The van der Waals surface area contributed by atoms with E-state index in [-0.39, 0.29) is 6.42 Å². The first-order valence-electron chi connectivity index (χ1n) is 5.04. The molecule has 0 aliphatic heterocycles. The number of anilines is 1. The molecule has 17 heavy (non-hydrogen) atoms. The lowest BCUT2D eigenvalue weighted by atomic mass is 10.1. The number of hydrogen-bond acceptors (Lipinski definition) is 3. The molecule has 0 aliphatic rings. The molecule has 0 saturated heterocycles. The zero-order valence-corrected chi connectivity index (χ0v) is 9.22. The second-order valence-corrected chi connectivity index (χ2v) is 3.51. The summed E-state index contributed by atoms with van der Waals surface area (Å²) in [5, 5.41) is 11.3. The highest BCUT2D eigenvalue weighted by Crippen LogP contribution is 2.07. The summed E-state index contributed by atoms with van der Waals surface area (Å²) in [6.07, 6.45) is 1.61. The summed E-state index contributed by atoms with van der Waals surface area (Å²) < 4.78 is 0. The first-order chi connectivity index (χ1) is 8.04. The van der Waals surface area contributed by atoms with E-state index in [9.17, 15) is 9.59 Å². The van der Waals surface area contributed by atoms with Crippen molar-refractivity contribution in [3.8, 4) is 0 Å². The van der Waals surface area contributed by atoms with Gasteiger partial charge in [-0.15, -0.1) is 6.58 Å². The molecule has 5 heteroatoms. The second kappa shape index (κ2) is 5.69. The van der Waals surface area contributed by atoms with Crippen molar-refractivity contribution in [2.75, 3.05) is 5.73 Å². The van der Waals surface area contributed by atoms with Crippen molar-refractivity contribution in [2.24, 2.45) is 0 Å². The van der Waals surface area contributed by atoms with Crippen LogP contribution in [0.25, 0.3) is 0 Å². The highest BCUT2D eigenvalue weighted by molar-refractivity contribution is 5.97. The molecule has 0 radical (unpaired) electrons. The molecular formula is C12H14N2O3. The Bertz CT molecular complexity index is 443. The van der Waals surface area contributed by atoms with Gasteiger partial charge in [-0.25, -0.2) is 4.79 Å². The Balaban J connectivity index is 2.77. The molecule has 1 unspecified atom stereocenters. The van der Waals surface area contributed by atoms with Crippen LogP contribution in [0.4, 0.5) is 5.69 Å². The third-order valence-electron chi connectivity index (χ3n) is 2.15. The summed E-state index contributed by atoms with van der Waals surface area (Å²) in [6.45, 7) is 3.44. The molecule has 4 N–H and O–H groups in total. The molecule has 1 aromatic rings. The van der Waals surface area contributed by atoms with Gasteiger partial charge < -0.3 is 16.2 Å². The number of carboxylic acids is 1. The van der Waals surface area contributed by atoms with Crippen LogP contribution in [0.2, 0.25) is 0 Å². The second-order valence-electron chi connectivity index (χ2n) is 3.51. The number of nitrogens with two attached hydrogens (primary N) is 1. The highest BCUT2D eigenvalue weighted by Gasteiger charge is 2.18. The van der Waals surface area contributed by atoms with E-state index in [2.05, 4.69) is 11.9 Å². The van der Waals surface area contributed by atoms with Crippen LogP contribution < -0.4 is 11.1 Å². The smallest absolute Gasteiger partial charge is 0.326 e. The van der Waals surface area contributed by atoms with Gasteiger partial charge in [0.2, 0.25) is 0 Å². The van der Waals surface area contributed by atoms with Gasteiger partial charge in [0.25, 0.3) is 5.91 Å². The average molecular weight is 234 g/mol. The number of hydrogen-bond donors (Lipinski definition) is 3. The Morgan fingerprint density at radius 2 is 2.24 bits per heavy atom. The largest absolute Gasteiger partial charge is 0.480 e. The number of nitrogens with one attached hydrogen (secondary N) is 1. The zero-order chi connectivity index (χ0) is 12.8. The minimum absolute atomic E-state index is 0.170. The van der Waals surface area contributed by atoms with E-state index >= 15 is 0 Å². The van der Waals surface area contributed by atoms with Crippen LogP contribution in [0.15, 0.2) is 36.9 Å². The maximum absolute atomic E-state index is 11.7. The number of carboxylic acid groups (broad SMARTS) is 1. The van der Waals surface area contributed by atoms with E-state index in [4.69, 9.17) is 10.8 Å². The standard InChI is InChI=1S/C12H14N2O3/c1-2-4-10(12(16)17)14-11(15)8-5-3-6-9(13)7-8/h2-3,5-7,10H,1,4,13H2,(H,14,15)(H,16,17). The van der Waals surface area contributed by atoms with Crippen molar-refractivity contribution in [3.63, 3.8) is 0 Å². The maximum atomic E-state index is 11.7. The number of benzene rings is 1. The molecule has 1 rings (SSSR count). The molecule has 0 heterocycles. The van der Waals surface area contributed by atoms with Gasteiger partial charge in [0.05, 0.1) is 0 Å². The molecule has 0 aromatic heterocycles. The molecule has 0 fully saturated rings. The maximum Gasteiger partial charge on any atom is 0.326 e. The molecule has 0 spiro atoms. The van der Waals surface area contributed by atoms with E-state index in [1.807, 2.05) is 0 Å². The summed E-state index contributed by atoms with van der Waals surface area (Å²) in [4.78, 5) is 22.6. The number of carbonyl (C=O) groups excluding carboxylic acids is 1. The Hall–Kier alpha value is -2.30. The van der Waals surface area contributed by atoms with Crippen LogP contribution >= 0.6 is 0 Å². The number of amides is 1. The molecule has 0 aliphatic carbocycles. The fourth-order valence-electron chi connectivity index (χ4n) is 1.31. The summed E-state index contributed by atoms with van der Waals surface area (Å²) in [6, 6.07) is 5.37. The topological polar surface area (TPSA) is 92.4 Å². The third kappa shape index (κ3) is 3.64. The van der Waals surface area contributed by atoms with Gasteiger partial charge in [-0.1, -0.05) is 12.1 Å². The first-order valence-corrected chi connectivity index (χ1v) is 5.04. The third-order valence-corrected chi connectivity index (χ3v) is 2.15. The van der Waals surface area contributed by atoms with Crippen molar-refractivity contribution in [1.82, 2.24) is 5.32 Å². The molecule has 90 valence electrons. The van der Waals surface area contributed by atoms with Crippen LogP contribution in [0.3, 0.4) is 0 Å². The van der Waals surface area contributed by atoms with Crippen LogP contribution in [0.5, 0.6) is 0 Å². The number of carbonyl (C=O) groups is 2. The van der Waals surface area contributed by atoms with E-state index in [1.54, 1.807) is 18.2 Å². The minimum atomic E-state index is -1.10. The van der Waals surface area contributed by atoms with E-state index in [1.165, 1.54) is 12.1 Å². The van der Waals surface area contributed by atoms with Gasteiger partial charge in [0.1, 0.15) is 6.04 Å². The number of rotatable bonds is 5. The monoisotopic (exact) mass is 234 g/mol. The zero-order valence-electron chi connectivity index (χ0n) is 9.22. The molecule has 0 saturated carbocycles. The van der Waals surface area contributed by atoms with Gasteiger partial charge >= 0.3 is 5.97 Å². The first kappa shape index (κ1) is 12.8. The SMILES string of the molecule is C=CCC(NC(=O)c1cccc(N)c1)C(=O)O. The fraction of sp³-hybridized carbons (Fsp3) is 0.167. The van der Waals surface area contributed by atoms with E-state index in [0.717, 1.165) is 0 Å². The van der Waals surface area contributed by atoms with Crippen LogP contribution in [-0.4, -0.2) is 23.0 Å². The minimum Gasteiger partial charge on any atom is -0.480 e. The van der Waals surface area contributed by atoms with Crippen LogP contribution in [0.1, 0.15) is 16.8 Å². The Labute approximate surface area is 98.9 Å². The molecular weight excluding hydrogens is 220 g/mol. The normalized spacial score (nSPS) is 11.5. The van der Waals surface area contributed by atoms with Gasteiger partial charge in [-0.2, -0.15) is 0 Å². The summed E-state index contributed by atoms with van der Waals surface area (Å²) in [5.41, 5.74) is 6.32. The average Bonchev–Trinajstić information content (AvgIpc) is 2.28. The lowest BCUT2D eigenvalue weighted by Crippen LogP contribution is -2.40. The lowest BCUT2D eigenvalue weighted by molar-refractivity contribution is -0.139. The number of nitrogen functional groups attached to an aromatic ring is 1. The lowest BCUT2D eigenvalue weighted by Gasteiger charge is -2.12. The van der Waals surface area contributed by atoms with Crippen molar-refractivity contribution in [3.05, 3.63) is 42.5 Å². The summed E-state index contributed by atoms with van der Waals surface area (Å²) >= 11 is 0. The molecule has 5 nitrogen and oxygen atoms in total. The predicted octanol–water partition coefficient (Wildman–Crippen LogP) is 1.03. The van der Waals surface area contributed by atoms with E-state index < -0.39 is 17.9 Å². The van der Waals surface area contributed by atoms with Crippen LogP contribution in [-0.2, 0) is 4.79 Å². The predicted molar refractivity (Wildman–Crippen MR) is 64.6 cm³/mol. The molecule has 1 aromatic carbocycles. The summed E-state index contributed by atoms with van der Waals surface area (Å²) in [5.74, 6) is -1.56. The van der Waals surface area contributed by atoms with Crippen molar-refractivity contribution >= 4 is 17.6 Å². The Kier molecular flexibility index (Phi) is 4.28. The Morgan fingerprint density at radius 1 is 1.53 bits per heavy atom. The molecule has 1 amide bonds.